The molecular formula is C32H35N3O6. The standard InChI is InChI=1S/C32H35N3O6/c1-39-28-19-25-21-10-14-35(30(37)20-34-12-2-3-13-34)31(25)22-6-4-7-23(16-22)40-15-5-11-33-32(38)26-18-24(8-9-27(26)36)41-29(28)17-21/h4,6-9,16-19,31,36H,2-3,5,10-15,20H2,1H3,(H,33,38). The molecule has 4 aliphatic rings. The second kappa shape index (κ2) is 11.7. The fourth-order valence-electron chi connectivity index (χ4n) is 5.94. The van der Waals surface area contributed by atoms with Crippen LogP contribution >= 0.6 is 0 Å². The van der Waals surface area contributed by atoms with E-state index in [2.05, 4.69) is 10.2 Å². The highest BCUT2D eigenvalue weighted by molar-refractivity contribution is 5.97. The number of carbonyl (C=O) groups excluding carboxylic acids is 2. The summed E-state index contributed by atoms with van der Waals surface area (Å²) >= 11 is 0. The molecule has 1 saturated heterocycles. The number of aromatic hydroxyl groups is 1. The van der Waals surface area contributed by atoms with E-state index in [1.165, 1.54) is 12.1 Å². The molecule has 0 radical (unpaired) electrons. The van der Waals surface area contributed by atoms with E-state index >= 15 is 0 Å². The first-order valence-electron chi connectivity index (χ1n) is 14.2. The number of phenols is 1. The molecular weight excluding hydrogens is 522 g/mol. The van der Waals surface area contributed by atoms with Gasteiger partial charge >= 0.3 is 0 Å². The molecule has 1 atom stereocenters. The number of likely N-dealkylation sites (tertiary alicyclic amines) is 1. The maximum absolute atomic E-state index is 13.7. The van der Waals surface area contributed by atoms with Crippen molar-refractivity contribution in [1.29, 1.82) is 0 Å². The van der Waals surface area contributed by atoms with Crippen molar-refractivity contribution in [3.63, 3.8) is 0 Å². The van der Waals surface area contributed by atoms with E-state index in [9.17, 15) is 14.7 Å². The van der Waals surface area contributed by atoms with Crippen LogP contribution in [0.1, 0.15) is 52.4 Å². The van der Waals surface area contributed by atoms with Gasteiger partial charge in [0, 0.05) is 13.1 Å². The van der Waals surface area contributed by atoms with Gasteiger partial charge in [-0.2, -0.15) is 0 Å². The number of hydrogen-bond donors (Lipinski definition) is 2. The number of phenolic OH excluding ortho intramolecular Hbond substituents is 1. The monoisotopic (exact) mass is 557 g/mol. The van der Waals surface area contributed by atoms with Crippen molar-refractivity contribution >= 4 is 11.8 Å². The first-order valence-corrected chi connectivity index (χ1v) is 14.2. The average Bonchev–Trinajstić information content (AvgIpc) is 3.49. The summed E-state index contributed by atoms with van der Waals surface area (Å²) in [5.74, 6) is 1.70. The number of ether oxygens (including phenoxy) is 3. The quantitative estimate of drug-likeness (QED) is 0.496. The molecule has 7 rings (SSSR count). The van der Waals surface area contributed by atoms with Crippen LogP contribution in [0.4, 0.5) is 0 Å². The van der Waals surface area contributed by atoms with Crippen molar-refractivity contribution in [1.82, 2.24) is 15.1 Å². The summed E-state index contributed by atoms with van der Waals surface area (Å²) in [6, 6.07) is 16.1. The molecule has 41 heavy (non-hydrogen) atoms. The van der Waals surface area contributed by atoms with Crippen molar-refractivity contribution in [2.45, 2.75) is 31.7 Å². The maximum atomic E-state index is 13.7. The molecule has 4 heterocycles. The summed E-state index contributed by atoms with van der Waals surface area (Å²) in [6.45, 7) is 3.67. The van der Waals surface area contributed by atoms with E-state index in [0.717, 1.165) is 42.6 Å². The van der Waals surface area contributed by atoms with Crippen LogP contribution in [-0.2, 0) is 11.2 Å². The number of benzene rings is 3. The van der Waals surface area contributed by atoms with Gasteiger partial charge < -0.3 is 29.5 Å². The minimum Gasteiger partial charge on any atom is -0.507 e. The predicted molar refractivity (Wildman–Crippen MR) is 153 cm³/mol. The highest BCUT2D eigenvalue weighted by Crippen LogP contribution is 2.43. The topological polar surface area (TPSA) is 101 Å². The molecule has 3 aromatic carbocycles. The molecule has 9 nitrogen and oxygen atoms in total. The third-order valence-corrected chi connectivity index (χ3v) is 8.02. The first-order chi connectivity index (χ1) is 20.0. The van der Waals surface area contributed by atoms with Gasteiger partial charge in [0.05, 0.1) is 31.9 Å². The van der Waals surface area contributed by atoms with Crippen molar-refractivity contribution in [3.05, 3.63) is 76.9 Å². The summed E-state index contributed by atoms with van der Waals surface area (Å²) in [7, 11) is 1.58. The summed E-state index contributed by atoms with van der Waals surface area (Å²) in [4.78, 5) is 30.8. The largest absolute Gasteiger partial charge is 0.507 e. The zero-order valence-corrected chi connectivity index (χ0v) is 23.2. The van der Waals surface area contributed by atoms with Crippen LogP contribution in [0.5, 0.6) is 28.7 Å². The van der Waals surface area contributed by atoms with E-state index in [4.69, 9.17) is 14.2 Å². The van der Waals surface area contributed by atoms with Crippen molar-refractivity contribution in [2.75, 3.05) is 46.4 Å². The molecule has 8 bridgehead atoms. The number of carbonyl (C=O) groups is 2. The molecule has 9 heteroatoms. The number of nitrogens with one attached hydrogen (secondary N) is 1. The molecule has 3 aromatic rings. The Kier molecular flexibility index (Phi) is 7.69. The van der Waals surface area contributed by atoms with Gasteiger partial charge in [-0.25, -0.2) is 0 Å². The molecule has 4 aliphatic heterocycles. The van der Waals surface area contributed by atoms with Gasteiger partial charge in [-0.3, -0.25) is 14.5 Å². The second-order valence-electron chi connectivity index (χ2n) is 10.7. The molecule has 0 aliphatic carbocycles. The van der Waals surface area contributed by atoms with E-state index in [1.807, 2.05) is 41.3 Å². The average molecular weight is 558 g/mol. The van der Waals surface area contributed by atoms with Crippen LogP contribution in [0.15, 0.2) is 54.6 Å². The van der Waals surface area contributed by atoms with E-state index < -0.39 is 5.91 Å². The Labute approximate surface area is 239 Å². The SMILES string of the molecule is COc1cc2c3cc1Oc1ccc(O)c(c1)C(=O)NCCCOc1cccc(c1)C2N(C(=O)CN1CCCC1)CC3. The van der Waals surface area contributed by atoms with Crippen LogP contribution in [0.2, 0.25) is 0 Å². The Morgan fingerprint density at radius 2 is 1.90 bits per heavy atom. The minimum atomic E-state index is -0.394. The van der Waals surface area contributed by atoms with Gasteiger partial charge in [-0.15, -0.1) is 0 Å². The van der Waals surface area contributed by atoms with Gasteiger partial charge in [0.1, 0.15) is 17.2 Å². The summed E-state index contributed by atoms with van der Waals surface area (Å²) in [5, 5.41) is 13.2. The Hall–Kier alpha value is -4.24. The lowest BCUT2D eigenvalue weighted by Crippen LogP contribution is -2.45. The maximum Gasteiger partial charge on any atom is 0.255 e. The molecule has 2 amide bonds. The Morgan fingerprint density at radius 3 is 2.73 bits per heavy atom. The molecule has 0 aromatic heterocycles. The second-order valence-corrected chi connectivity index (χ2v) is 10.7. The summed E-state index contributed by atoms with van der Waals surface area (Å²) < 4.78 is 18.1. The number of fused-ring (bicyclic) bond motifs is 6. The molecule has 1 unspecified atom stereocenters. The molecule has 214 valence electrons. The third kappa shape index (κ3) is 5.67. The summed E-state index contributed by atoms with van der Waals surface area (Å²) in [6.07, 6.45) is 3.51. The van der Waals surface area contributed by atoms with Crippen LogP contribution in [0, 0.1) is 0 Å². The lowest BCUT2D eigenvalue weighted by Gasteiger charge is -2.39. The van der Waals surface area contributed by atoms with E-state index in [0.29, 0.717) is 62.1 Å². The molecule has 1 fully saturated rings. The van der Waals surface area contributed by atoms with Crippen molar-refractivity contribution in [3.8, 4) is 28.7 Å². The van der Waals surface area contributed by atoms with Gasteiger partial charge in [0.25, 0.3) is 5.91 Å². The predicted octanol–water partition coefficient (Wildman–Crippen LogP) is 4.28. The van der Waals surface area contributed by atoms with Gasteiger partial charge in [0.15, 0.2) is 11.5 Å². The van der Waals surface area contributed by atoms with Gasteiger partial charge in [-0.05, 0) is 97.9 Å². The van der Waals surface area contributed by atoms with Crippen LogP contribution in [0.3, 0.4) is 0 Å². The highest BCUT2D eigenvalue weighted by atomic mass is 16.5. The molecule has 2 N–H and O–H groups in total. The Bertz CT molecular complexity index is 1450. The molecule has 0 spiro atoms. The minimum absolute atomic E-state index is 0.114. The summed E-state index contributed by atoms with van der Waals surface area (Å²) in [5.41, 5.74) is 3.13. The van der Waals surface area contributed by atoms with E-state index in [-0.39, 0.29) is 23.3 Å². The normalized spacial score (nSPS) is 19.0. The fraction of sp³-hybridized carbons (Fsp3) is 0.375. The van der Waals surface area contributed by atoms with Crippen LogP contribution < -0.4 is 19.5 Å². The Balaban J connectivity index is 1.44. The van der Waals surface area contributed by atoms with Crippen molar-refractivity contribution < 1.29 is 28.9 Å². The van der Waals surface area contributed by atoms with E-state index in [1.54, 1.807) is 13.2 Å². The van der Waals surface area contributed by atoms with Gasteiger partial charge in [0.2, 0.25) is 5.91 Å². The fourth-order valence-corrected chi connectivity index (χ4v) is 5.94. The van der Waals surface area contributed by atoms with Crippen LogP contribution in [-0.4, -0.2) is 73.2 Å². The lowest BCUT2D eigenvalue weighted by molar-refractivity contribution is -0.134. The van der Waals surface area contributed by atoms with Crippen LogP contribution in [0.25, 0.3) is 0 Å². The zero-order chi connectivity index (χ0) is 28.3. The highest BCUT2D eigenvalue weighted by Gasteiger charge is 2.34. The lowest BCUT2D eigenvalue weighted by atomic mass is 9.87. The number of amides is 2. The smallest absolute Gasteiger partial charge is 0.255 e. The van der Waals surface area contributed by atoms with Crippen molar-refractivity contribution in [2.24, 2.45) is 0 Å². The number of hydrogen-bond acceptors (Lipinski definition) is 7. The first kappa shape index (κ1) is 27.0. The zero-order valence-electron chi connectivity index (χ0n) is 23.2. The number of nitrogens with zero attached hydrogens (tertiary/aromatic N) is 2. The third-order valence-electron chi connectivity index (χ3n) is 8.02. The number of methoxy groups -OCH3 is 1. The molecule has 0 saturated carbocycles. The van der Waals surface area contributed by atoms with Gasteiger partial charge in [-0.1, -0.05) is 12.1 Å². The number of rotatable bonds is 3. The Morgan fingerprint density at radius 1 is 1.05 bits per heavy atom.